The Labute approximate surface area is 158 Å². The van der Waals surface area contributed by atoms with Gasteiger partial charge in [-0.15, -0.1) is 0 Å². The topological polar surface area (TPSA) is 111 Å². The Morgan fingerprint density at radius 2 is 2.00 bits per heavy atom. The van der Waals surface area contributed by atoms with E-state index in [1.807, 2.05) is 0 Å². The van der Waals surface area contributed by atoms with Crippen molar-refractivity contribution < 1.29 is 19.2 Å². The van der Waals surface area contributed by atoms with Crippen LogP contribution < -0.4 is 10.6 Å². The SMILES string of the molecule is CNc1ccc(C(=O)O[C@H](C)C(=O)N[C@H]2CCC[C@@H](C)[C@@H]2C)cc1[N+](=O)[O-]. The molecule has 4 atom stereocenters. The zero-order valence-corrected chi connectivity index (χ0v) is 16.2. The Hall–Kier alpha value is -2.64. The molecule has 1 aromatic rings. The molecule has 2 rings (SSSR count). The van der Waals surface area contributed by atoms with Crippen LogP contribution in [0.2, 0.25) is 0 Å². The quantitative estimate of drug-likeness (QED) is 0.448. The number of carbonyl (C=O) groups is 2. The van der Waals surface area contributed by atoms with Crippen molar-refractivity contribution in [1.29, 1.82) is 0 Å². The van der Waals surface area contributed by atoms with Crippen molar-refractivity contribution in [2.45, 2.75) is 52.2 Å². The molecule has 8 heteroatoms. The van der Waals surface area contributed by atoms with Crippen LogP contribution in [0.5, 0.6) is 0 Å². The molecule has 0 bridgehead atoms. The van der Waals surface area contributed by atoms with Crippen LogP contribution in [0.3, 0.4) is 0 Å². The van der Waals surface area contributed by atoms with Gasteiger partial charge in [0.2, 0.25) is 0 Å². The van der Waals surface area contributed by atoms with Crippen LogP contribution in [0.4, 0.5) is 11.4 Å². The lowest BCUT2D eigenvalue weighted by molar-refractivity contribution is -0.384. The zero-order chi connectivity index (χ0) is 20.1. The van der Waals surface area contributed by atoms with Crippen LogP contribution in [0.15, 0.2) is 18.2 Å². The van der Waals surface area contributed by atoms with Crippen molar-refractivity contribution in [2.24, 2.45) is 11.8 Å². The molecule has 1 aromatic carbocycles. The number of esters is 1. The van der Waals surface area contributed by atoms with Gasteiger partial charge in [0, 0.05) is 19.2 Å². The Balaban J connectivity index is 2.01. The van der Waals surface area contributed by atoms with Crippen LogP contribution in [-0.4, -0.2) is 36.0 Å². The van der Waals surface area contributed by atoms with Crippen molar-refractivity contribution in [1.82, 2.24) is 5.32 Å². The van der Waals surface area contributed by atoms with Crippen LogP contribution in [0.25, 0.3) is 0 Å². The van der Waals surface area contributed by atoms with Gasteiger partial charge in [0.05, 0.1) is 10.5 Å². The fourth-order valence-electron chi connectivity index (χ4n) is 3.39. The van der Waals surface area contributed by atoms with E-state index >= 15 is 0 Å². The first kappa shape index (κ1) is 20.7. The number of hydrogen-bond donors (Lipinski definition) is 2. The average Bonchev–Trinajstić information content (AvgIpc) is 2.64. The van der Waals surface area contributed by atoms with Crippen LogP contribution in [0, 0.1) is 22.0 Å². The smallest absolute Gasteiger partial charge is 0.339 e. The Morgan fingerprint density at radius 3 is 2.63 bits per heavy atom. The lowest BCUT2D eigenvalue weighted by atomic mass is 9.78. The number of ether oxygens (including phenoxy) is 1. The van der Waals surface area contributed by atoms with Crippen molar-refractivity contribution in [3.8, 4) is 0 Å². The van der Waals surface area contributed by atoms with E-state index in [0.717, 1.165) is 25.3 Å². The first-order valence-electron chi connectivity index (χ1n) is 9.22. The summed E-state index contributed by atoms with van der Waals surface area (Å²) in [5, 5.41) is 16.8. The maximum Gasteiger partial charge on any atom is 0.339 e. The van der Waals surface area contributed by atoms with E-state index < -0.39 is 17.0 Å². The van der Waals surface area contributed by atoms with Gasteiger partial charge in [-0.25, -0.2) is 4.79 Å². The van der Waals surface area contributed by atoms with Crippen molar-refractivity contribution in [3.05, 3.63) is 33.9 Å². The molecule has 0 radical (unpaired) electrons. The van der Waals surface area contributed by atoms with Crippen LogP contribution in [0.1, 0.15) is 50.4 Å². The minimum atomic E-state index is -0.982. The molecule has 0 aromatic heterocycles. The summed E-state index contributed by atoms with van der Waals surface area (Å²) in [6.45, 7) is 5.79. The van der Waals surface area contributed by atoms with E-state index in [1.165, 1.54) is 19.1 Å². The molecule has 0 saturated heterocycles. The van der Waals surface area contributed by atoms with Gasteiger partial charge in [-0.05, 0) is 37.3 Å². The van der Waals surface area contributed by atoms with Crippen LogP contribution >= 0.6 is 0 Å². The third-order valence-corrected chi connectivity index (χ3v) is 5.39. The number of nitro benzene ring substituents is 1. The molecule has 0 spiro atoms. The highest BCUT2D eigenvalue weighted by Gasteiger charge is 2.30. The summed E-state index contributed by atoms with van der Waals surface area (Å²) in [7, 11) is 1.56. The lowest BCUT2D eigenvalue weighted by Crippen LogP contribution is -2.47. The molecule has 148 valence electrons. The van der Waals surface area contributed by atoms with Crippen molar-refractivity contribution in [3.63, 3.8) is 0 Å². The Bertz CT molecular complexity index is 721. The number of hydrogen-bond acceptors (Lipinski definition) is 6. The third-order valence-electron chi connectivity index (χ3n) is 5.39. The van der Waals surface area contributed by atoms with Crippen molar-refractivity contribution >= 4 is 23.3 Å². The molecule has 1 saturated carbocycles. The van der Waals surface area contributed by atoms with Gasteiger partial charge < -0.3 is 15.4 Å². The standard InChI is InChI=1S/C19H27N3O5/c1-11-6-5-7-15(12(11)2)21-18(23)13(3)27-19(24)14-8-9-16(20-4)17(10-14)22(25)26/h8-13,15,20H,5-7H2,1-4H3,(H,21,23)/t11-,12+,13-,15+/m1/s1. The summed E-state index contributed by atoms with van der Waals surface area (Å²) >= 11 is 0. The molecule has 0 heterocycles. The second-order valence-electron chi connectivity index (χ2n) is 7.17. The number of benzene rings is 1. The molecule has 1 aliphatic carbocycles. The number of carbonyl (C=O) groups excluding carboxylic acids is 2. The van der Waals surface area contributed by atoms with Gasteiger partial charge in [-0.3, -0.25) is 14.9 Å². The van der Waals surface area contributed by atoms with Gasteiger partial charge in [-0.2, -0.15) is 0 Å². The maximum absolute atomic E-state index is 12.4. The molecule has 1 aliphatic rings. The normalized spacial score (nSPS) is 23.2. The predicted octanol–water partition coefficient (Wildman–Crippen LogP) is 3.12. The number of rotatable bonds is 6. The predicted molar refractivity (Wildman–Crippen MR) is 102 cm³/mol. The summed E-state index contributed by atoms with van der Waals surface area (Å²) in [6.07, 6.45) is 2.14. The minimum absolute atomic E-state index is 0.0278. The number of anilines is 1. The fourth-order valence-corrected chi connectivity index (χ4v) is 3.39. The monoisotopic (exact) mass is 377 g/mol. The number of nitrogens with one attached hydrogen (secondary N) is 2. The van der Waals surface area contributed by atoms with Gasteiger partial charge in [-0.1, -0.05) is 26.7 Å². The number of nitro groups is 1. The van der Waals surface area contributed by atoms with E-state index in [1.54, 1.807) is 7.05 Å². The van der Waals surface area contributed by atoms with E-state index in [0.29, 0.717) is 17.5 Å². The molecule has 0 unspecified atom stereocenters. The average molecular weight is 377 g/mol. The molecule has 2 N–H and O–H groups in total. The summed E-state index contributed by atoms with van der Waals surface area (Å²) in [6, 6.07) is 4.07. The summed E-state index contributed by atoms with van der Waals surface area (Å²) < 4.78 is 5.22. The van der Waals surface area contributed by atoms with Gasteiger partial charge in [0.15, 0.2) is 6.10 Å². The van der Waals surface area contributed by atoms with E-state index in [4.69, 9.17) is 4.74 Å². The Kier molecular flexibility index (Phi) is 6.76. The second-order valence-corrected chi connectivity index (χ2v) is 7.17. The van der Waals surface area contributed by atoms with Crippen molar-refractivity contribution in [2.75, 3.05) is 12.4 Å². The maximum atomic E-state index is 12.4. The number of amides is 1. The first-order valence-corrected chi connectivity index (χ1v) is 9.22. The van der Waals surface area contributed by atoms with E-state index in [2.05, 4.69) is 24.5 Å². The lowest BCUT2D eigenvalue weighted by Gasteiger charge is -2.35. The largest absolute Gasteiger partial charge is 0.449 e. The van der Waals surface area contributed by atoms with Gasteiger partial charge >= 0.3 is 5.97 Å². The zero-order valence-electron chi connectivity index (χ0n) is 16.2. The molecular formula is C19H27N3O5. The molecule has 27 heavy (non-hydrogen) atoms. The first-order chi connectivity index (χ1) is 12.7. The Morgan fingerprint density at radius 1 is 1.30 bits per heavy atom. The minimum Gasteiger partial charge on any atom is -0.449 e. The van der Waals surface area contributed by atoms with E-state index in [9.17, 15) is 19.7 Å². The molecule has 8 nitrogen and oxygen atoms in total. The molecule has 0 aliphatic heterocycles. The van der Waals surface area contributed by atoms with Gasteiger partial charge in [0.25, 0.3) is 11.6 Å². The summed E-state index contributed by atoms with van der Waals surface area (Å²) in [5.74, 6) is -0.223. The highest BCUT2D eigenvalue weighted by Crippen LogP contribution is 2.29. The molecule has 1 amide bonds. The van der Waals surface area contributed by atoms with E-state index in [-0.39, 0.29) is 23.2 Å². The number of nitrogens with zero attached hydrogens (tertiary/aromatic N) is 1. The van der Waals surface area contributed by atoms with Gasteiger partial charge in [0.1, 0.15) is 5.69 Å². The summed E-state index contributed by atoms with van der Waals surface area (Å²) in [5.41, 5.74) is 0.0943. The molecule has 1 fully saturated rings. The van der Waals surface area contributed by atoms with Crippen LogP contribution in [-0.2, 0) is 9.53 Å². The molecular weight excluding hydrogens is 350 g/mol. The summed E-state index contributed by atoms with van der Waals surface area (Å²) in [4.78, 5) is 35.2. The highest BCUT2D eigenvalue weighted by molar-refractivity contribution is 5.93. The second kappa shape index (κ2) is 8.83. The third kappa shape index (κ3) is 4.96. The fraction of sp³-hybridized carbons (Fsp3) is 0.579. The highest BCUT2D eigenvalue weighted by atomic mass is 16.6.